The second-order valence-corrected chi connectivity index (χ2v) is 4.86. The first-order valence-corrected chi connectivity index (χ1v) is 6.63. The molecule has 3 nitrogen and oxygen atoms in total. The standard InChI is InChI=1S/C15H24N2O/c1-5-8-13-9-6-7-10-14(13)16-11-15(18)17(4)12(2)3/h6-7,9-10,12,16H,5,8,11H2,1-4H3. The van der Waals surface area contributed by atoms with E-state index in [2.05, 4.69) is 18.3 Å². The Hall–Kier alpha value is -1.51. The summed E-state index contributed by atoms with van der Waals surface area (Å²) in [5.41, 5.74) is 2.35. The monoisotopic (exact) mass is 248 g/mol. The Bertz CT molecular complexity index is 388. The maximum Gasteiger partial charge on any atom is 0.241 e. The molecule has 3 heteroatoms. The molecule has 0 atom stereocenters. The van der Waals surface area contributed by atoms with E-state index in [1.54, 1.807) is 4.90 Å². The molecule has 0 unspecified atom stereocenters. The third kappa shape index (κ3) is 4.06. The lowest BCUT2D eigenvalue weighted by Crippen LogP contribution is -2.37. The van der Waals surface area contributed by atoms with E-state index in [-0.39, 0.29) is 11.9 Å². The van der Waals surface area contributed by atoms with E-state index < -0.39 is 0 Å². The van der Waals surface area contributed by atoms with Crippen molar-refractivity contribution in [3.05, 3.63) is 29.8 Å². The van der Waals surface area contributed by atoms with Crippen molar-refractivity contribution in [3.8, 4) is 0 Å². The van der Waals surface area contributed by atoms with Crippen molar-refractivity contribution in [2.75, 3.05) is 18.9 Å². The number of rotatable bonds is 6. The summed E-state index contributed by atoms with van der Waals surface area (Å²) in [5, 5.41) is 3.24. The molecular formula is C15H24N2O. The first-order valence-electron chi connectivity index (χ1n) is 6.63. The van der Waals surface area contributed by atoms with Crippen LogP contribution >= 0.6 is 0 Å². The minimum absolute atomic E-state index is 0.122. The van der Waals surface area contributed by atoms with Gasteiger partial charge in [0.2, 0.25) is 5.91 Å². The molecule has 1 aromatic rings. The molecule has 0 fully saturated rings. The molecule has 0 radical (unpaired) electrons. The van der Waals surface area contributed by atoms with Gasteiger partial charge in [-0.1, -0.05) is 31.5 Å². The molecule has 18 heavy (non-hydrogen) atoms. The number of likely N-dealkylation sites (N-methyl/N-ethyl adjacent to an activating group) is 1. The summed E-state index contributed by atoms with van der Waals surface area (Å²) in [6.07, 6.45) is 2.15. The van der Waals surface area contributed by atoms with E-state index in [1.165, 1.54) is 5.56 Å². The summed E-state index contributed by atoms with van der Waals surface area (Å²) < 4.78 is 0. The van der Waals surface area contributed by atoms with Crippen molar-refractivity contribution < 1.29 is 4.79 Å². The van der Waals surface area contributed by atoms with Crippen LogP contribution < -0.4 is 5.32 Å². The van der Waals surface area contributed by atoms with Crippen molar-refractivity contribution in [2.24, 2.45) is 0 Å². The number of benzene rings is 1. The number of anilines is 1. The van der Waals surface area contributed by atoms with E-state index in [1.807, 2.05) is 39.1 Å². The van der Waals surface area contributed by atoms with Gasteiger partial charge in [-0.05, 0) is 31.9 Å². The molecule has 0 saturated carbocycles. The van der Waals surface area contributed by atoms with Crippen LogP contribution in [-0.4, -0.2) is 30.4 Å². The predicted octanol–water partition coefficient (Wildman–Crippen LogP) is 2.92. The fourth-order valence-electron chi connectivity index (χ4n) is 1.76. The Morgan fingerprint density at radius 2 is 2.00 bits per heavy atom. The first kappa shape index (κ1) is 14.6. The molecule has 100 valence electrons. The van der Waals surface area contributed by atoms with Gasteiger partial charge in [-0.2, -0.15) is 0 Å². The third-order valence-electron chi connectivity index (χ3n) is 3.13. The van der Waals surface area contributed by atoms with Gasteiger partial charge in [0.25, 0.3) is 0 Å². The molecule has 0 spiro atoms. The predicted molar refractivity (Wildman–Crippen MR) is 76.8 cm³/mol. The van der Waals surface area contributed by atoms with Crippen LogP contribution in [0.25, 0.3) is 0 Å². The molecular weight excluding hydrogens is 224 g/mol. The van der Waals surface area contributed by atoms with Crippen LogP contribution in [-0.2, 0) is 11.2 Å². The van der Waals surface area contributed by atoms with E-state index in [4.69, 9.17) is 0 Å². The van der Waals surface area contributed by atoms with Gasteiger partial charge >= 0.3 is 0 Å². The number of carbonyl (C=O) groups is 1. The number of para-hydroxylation sites is 1. The van der Waals surface area contributed by atoms with Crippen LogP contribution in [0.5, 0.6) is 0 Å². The maximum atomic E-state index is 11.9. The second kappa shape index (κ2) is 7.04. The van der Waals surface area contributed by atoms with E-state index in [9.17, 15) is 4.79 Å². The van der Waals surface area contributed by atoms with Crippen molar-refractivity contribution in [1.82, 2.24) is 4.90 Å². The zero-order valence-electron chi connectivity index (χ0n) is 11.9. The lowest BCUT2D eigenvalue weighted by molar-refractivity contribution is -0.129. The number of aryl methyl sites for hydroxylation is 1. The van der Waals surface area contributed by atoms with E-state index in [0.717, 1.165) is 18.5 Å². The third-order valence-corrected chi connectivity index (χ3v) is 3.13. The Kier molecular flexibility index (Phi) is 5.69. The average molecular weight is 248 g/mol. The maximum absolute atomic E-state index is 11.9. The highest BCUT2D eigenvalue weighted by molar-refractivity contribution is 5.81. The van der Waals surface area contributed by atoms with Gasteiger partial charge in [0.05, 0.1) is 6.54 Å². The van der Waals surface area contributed by atoms with Gasteiger partial charge < -0.3 is 10.2 Å². The van der Waals surface area contributed by atoms with Gasteiger partial charge in [0.15, 0.2) is 0 Å². The molecule has 0 aliphatic carbocycles. The fourth-order valence-corrected chi connectivity index (χ4v) is 1.76. The van der Waals surface area contributed by atoms with E-state index >= 15 is 0 Å². The van der Waals surface area contributed by atoms with E-state index in [0.29, 0.717) is 6.54 Å². The minimum Gasteiger partial charge on any atom is -0.376 e. The highest BCUT2D eigenvalue weighted by atomic mass is 16.2. The lowest BCUT2D eigenvalue weighted by Gasteiger charge is -2.22. The molecule has 0 heterocycles. The highest BCUT2D eigenvalue weighted by Gasteiger charge is 2.11. The van der Waals surface area contributed by atoms with Gasteiger partial charge in [-0.25, -0.2) is 0 Å². The van der Waals surface area contributed by atoms with Crippen molar-refractivity contribution >= 4 is 11.6 Å². The van der Waals surface area contributed by atoms with Gasteiger partial charge in [0.1, 0.15) is 0 Å². The summed E-state index contributed by atoms with van der Waals surface area (Å²) in [6, 6.07) is 8.43. The highest BCUT2D eigenvalue weighted by Crippen LogP contribution is 2.16. The van der Waals surface area contributed by atoms with Crippen LogP contribution in [0.15, 0.2) is 24.3 Å². The summed E-state index contributed by atoms with van der Waals surface area (Å²) in [6.45, 7) is 6.55. The quantitative estimate of drug-likeness (QED) is 0.839. The largest absolute Gasteiger partial charge is 0.376 e. The number of nitrogens with one attached hydrogen (secondary N) is 1. The number of hydrogen-bond acceptors (Lipinski definition) is 2. The smallest absolute Gasteiger partial charge is 0.241 e. The SMILES string of the molecule is CCCc1ccccc1NCC(=O)N(C)C(C)C. The van der Waals surface area contributed by atoms with Crippen molar-refractivity contribution in [1.29, 1.82) is 0 Å². The lowest BCUT2D eigenvalue weighted by atomic mass is 10.1. The normalized spacial score (nSPS) is 10.5. The Morgan fingerprint density at radius 3 is 2.61 bits per heavy atom. The van der Waals surface area contributed by atoms with Gasteiger partial charge in [-0.15, -0.1) is 0 Å². The van der Waals surface area contributed by atoms with Crippen LogP contribution in [0, 0.1) is 0 Å². The summed E-state index contributed by atoms with van der Waals surface area (Å²) in [7, 11) is 1.84. The average Bonchev–Trinajstić information content (AvgIpc) is 2.36. The number of amides is 1. The Labute approximate surface area is 110 Å². The number of nitrogens with zero attached hydrogens (tertiary/aromatic N) is 1. The molecule has 1 rings (SSSR count). The fraction of sp³-hybridized carbons (Fsp3) is 0.533. The molecule has 0 aliphatic heterocycles. The zero-order valence-corrected chi connectivity index (χ0v) is 11.9. The molecule has 0 aromatic heterocycles. The molecule has 0 saturated heterocycles. The molecule has 1 amide bonds. The summed E-state index contributed by atoms with van der Waals surface area (Å²) in [4.78, 5) is 13.6. The van der Waals surface area contributed by atoms with Crippen molar-refractivity contribution in [3.63, 3.8) is 0 Å². The van der Waals surface area contributed by atoms with Crippen LogP contribution in [0.1, 0.15) is 32.8 Å². The Morgan fingerprint density at radius 1 is 1.33 bits per heavy atom. The molecule has 0 bridgehead atoms. The number of carbonyl (C=O) groups excluding carboxylic acids is 1. The van der Waals surface area contributed by atoms with Gasteiger partial charge in [-0.3, -0.25) is 4.79 Å². The molecule has 0 aliphatic rings. The summed E-state index contributed by atoms with van der Waals surface area (Å²) in [5.74, 6) is 0.122. The molecule has 1 aromatic carbocycles. The summed E-state index contributed by atoms with van der Waals surface area (Å²) >= 11 is 0. The van der Waals surface area contributed by atoms with Crippen molar-refractivity contribution in [2.45, 2.75) is 39.7 Å². The molecule has 1 N–H and O–H groups in total. The topological polar surface area (TPSA) is 32.3 Å². The first-order chi connectivity index (χ1) is 8.56. The van der Waals surface area contributed by atoms with Crippen LogP contribution in [0.2, 0.25) is 0 Å². The minimum atomic E-state index is 0.122. The van der Waals surface area contributed by atoms with Crippen LogP contribution in [0.4, 0.5) is 5.69 Å². The number of hydrogen-bond donors (Lipinski definition) is 1. The Balaban J connectivity index is 2.60. The van der Waals surface area contributed by atoms with Gasteiger partial charge in [0, 0.05) is 18.8 Å². The van der Waals surface area contributed by atoms with Crippen LogP contribution in [0.3, 0.4) is 0 Å². The zero-order chi connectivity index (χ0) is 13.5. The second-order valence-electron chi connectivity index (χ2n) is 4.86.